The number of pyridine rings is 1. The molecule has 4 aromatic rings. The molecule has 140 valence electrons. The first-order valence-electron chi connectivity index (χ1n) is 9.53. The van der Waals surface area contributed by atoms with Crippen molar-refractivity contribution in [3.05, 3.63) is 95.9 Å². The Labute approximate surface area is 164 Å². The van der Waals surface area contributed by atoms with Crippen molar-refractivity contribution < 1.29 is 4.79 Å². The SMILES string of the molecule is CC(C)c1nc2ccccn2c1C(=O)NCc1ccc(-c2ccccc2)cc1. The normalized spacial score (nSPS) is 11.1. The summed E-state index contributed by atoms with van der Waals surface area (Å²) >= 11 is 0. The molecular formula is C24H23N3O. The molecule has 2 heterocycles. The molecule has 4 heteroatoms. The number of amides is 1. The second-order valence-electron chi connectivity index (χ2n) is 7.17. The van der Waals surface area contributed by atoms with Crippen LogP contribution >= 0.6 is 0 Å². The van der Waals surface area contributed by atoms with Gasteiger partial charge in [0.25, 0.3) is 5.91 Å². The lowest BCUT2D eigenvalue weighted by atomic mass is 10.0. The summed E-state index contributed by atoms with van der Waals surface area (Å²) in [5.41, 5.74) is 5.65. The highest BCUT2D eigenvalue weighted by atomic mass is 16.1. The monoisotopic (exact) mass is 369 g/mol. The molecule has 2 aromatic carbocycles. The van der Waals surface area contributed by atoms with E-state index in [1.165, 1.54) is 11.1 Å². The smallest absolute Gasteiger partial charge is 0.270 e. The maximum atomic E-state index is 12.9. The van der Waals surface area contributed by atoms with Gasteiger partial charge in [0, 0.05) is 12.7 Å². The van der Waals surface area contributed by atoms with Crippen LogP contribution in [0.15, 0.2) is 79.0 Å². The molecule has 0 saturated carbocycles. The number of rotatable bonds is 5. The largest absolute Gasteiger partial charge is 0.347 e. The van der Waals surface area contributed by atoms with E-state index < -0.39 is 0 Å². The van der Waals surface area contributed by atoms with Crippen LogP contribution in [0.3, 0.4) is 0 Å². The minimum absolute atomic E-state index is 0.102. The van der Waals surface area contributed by atoms with Crippen LogP contribution < -0.4 is 5.32 Å². The van der Waals surface area contributed by atoms with Crippen molar-refractivity contribution in [2.75, 3.05) is 0 Å². The minimum Gasteiger partial charge on any atom is -0.347 e. The minimum atomic E-state index is -0.102. The van der Waals surface area contributed by atoms with Gasteiger partial charge in [0.05, 0.1) is 5.69 Å². The lowest BCUT2D eigenvalue weighted by Gasteiger charge is -2.09. The summed E-state index contributed by atoms with van der Waals surface area (Å²) in [5, 5.41) is 3.05. The number of hydrogen-bond donors (Lipinski definition) is 1. The zero-order valence-corrected chi connectivity index (χ0v) is 16.1. The third-order valence-electron chi connectivity index (χ3n) is 4.83. The first kappa shape index (κ1) is 18.0. The van der Waals surface area contributed by atoms with Gasteiger partial charge < -0.3 is 5.32 Å². The summed E-state index contributed by atoms with van der Waals surface area (Å²) in [5.74, 6) is 0.0698. The van der Waals surface area contributed by atoms with Gasteiger partial charge in [-0.2, -0.15) is 0 Å². The summed E-state index contributed by atoms with van der Waals surface area (Å²) in [6, 6.07) is 24.3. The van der Waals surface area contributed by atoms with Crippen LogP contribution in [0.25, 0.3) is 16.8 Å². The quantitative estimate of drug-likeness (QED) is 0.535. The highest BCUT2D eigenvalue weighted by molar-refractivity contribution is 5.94. The molecule has 0 atom stereocenters. The van der Waals surface area contributed by atoms with E-state index in [0.29, 0.717) is 12.2 Å². The van der Waals surface area contributed by atoms with Gasteiger partial charge in [0.1, 0.15) is 11.3 Å². The Morgan fingerprint density at radius 1 is 0.929 bits per heavy atom. The molecule has 1 amide bonds. The van der Waals surface area contributed by atoms with Crippen LogP contribution in [0.2, 0.25) is 0 Å². The van der Waals surface area contributed by atoms with E-state index in [9.17, 15) is 4.79 Å². The molecule has 2 aromatic heterocycles. The number of nitrogens with zero attached hydrogens (tertiary/aromatic N) is 2. The van der Waals surface area contributed by atoms with Crippen molar-refractivity contribution in [2.24, 2.45) is 0 Å². The van der Waals surface area contributed by atoms with E-state index in [1.54, 1.807) is 0 Å². The molecule has 0 unspecified atom stereocenters. The molecule has 0 saturated heterocycles. The molecule has 0 aliphatic carbocycles. The lowest BCUT2D eigenvalue weighted by Crippen LogP contribution is -2.25. The molecule has 0 aliphatic heterocycles. The summed E-state index contributed by atoms with van der Waals surface area (Å²) in [4.78, 5) is 17.6. The van der Waals surface area contributed by atoms with Crippen molar-refractivity contribution in [3.63, 3.8) is 0 Å². The van der Waals surface area contributed by atoms with E-state index in [4.69, 9.17) is 0 Å². The molecule has 4 rings (SSSR count). The topological polar surface area (TPSA) is 46.4 Å². The number of nitrogens with one attached hydrogen (secondary N) is 1. The molecule has 28 heavy (non-hydrogen) atoms. The van der Waals surface area contributed by atoms with Crippen LogP contribution in [0.1, 0.15) is 41.5 Å². The van der Waals surface area contributed by atoms with Crippen LogP contribution in [0, 0.1) is 0 Å². The van der Waals surface area contributed by atoms with Crippen molar-refractivity contribution in [3.8, 4) is 11.1 Å². The van der Waals surface area contributed by atoms with Gasteiger partial charge in [-0.1, -0.05) is 74.5 Å². The van der Waals surface area contributed by atoms with Gasteiger partial charge in [-0.15, -0.1) is 0 Å². The van der Waals surface area contributed by atoms with Crippen molar-refractivity contribution >= 4 is 11.6 Å². The number of imidazole rings is 1. The molecule has 0 aliphatic rings. The molecule has 0 radical (unpaired) electrons. The van der Waals surface area contributed by atoms with Crippen molar-refractivity contribution in [2.45, 2.75) is 26.3 Å². The number of benzene rings is 2. The van der Waals surface area contributed by atoms with Gasteiger partial charge in [-0.25, -0.2) is 4.98 Å². The van der Waals surface area contributed by atoms with Gasteiger partial charge in [-0.3, -0.25) is 9.20 Å². The number of carbonyl (C=O) groups is 1. The van der Waals surface area contributed by atoms with E-state index in [-0.39, 0.29) is 11.8 Å². The fourth-order valence-corrected chi connectivity index (χ4v) is 3.35. The highest BCUT2D eigenvalue weighted by Crippen LogP contribution is 2.21. The van der Waals surface area contributed by atoms with Gasteiger partial charge in [0.2, 0.25) is 0 Å². The number of aromatic nitrogens is 2. The van der Waals surface area contributed by atoms with Crippen LogP contribution in [0.5, 0.6) is 0 Å². The summed E-state index contributed by atoms with van der Waals surface area (Å²) in [6.07, 6.45) is 1.89. The highest BCUT2D eigenvalue weighted by Gasteiger charge is 2.20. The summed E-state index contributed by atoms with van der Waals surface area (Å²) < 4.78 is 1.86. The molecule has 1 N–H and O–H groups in total. The van der Waals surface area contributed by atoms with Gasteiger partial charge in [0.15, 0.2) is 0 Å². The average Bonchev–Trinajstić information content (AvgIpc) is 3.13. The Morgan fingerprint density at radius 2 is 1.61 bits per heavy atom. The Hall–Kier alpha value is -3.40. The Kier molecular flexibility index (Phi) is 4.94. The zero-order chi connectivity index (χ0) is 19.5. The summed E-state index contributed by atoms with van der Waals surface area (Å²) in [7, 11) is 0. The molecule has 0 fully saturated rings. The molecule has 0 bridgehead atoms. The van der Waals surface area contributed by atoms with Crippen molar-refractivity contribution in [1.29, 1.82) is 0 Å². The first-order chi connectivity index (χ1) is 13.6. The lowest BCUT2D eigenvalue weighted by molar-refractivity contribution is 0.0943. The third kappa shape index (κ3) is 3.54. The Balaban J connectivity index is 1.52. The van der Waals surface area contributed by atoms with Crippen LogP contribution in [-0.2, 0) is 6.54 Å². The predicted octanol–water partition coefficient (Wildman–Crippen LogP) is 5.05. The molecule has 4 nitrogen and oxygen atoms in total. The third-order valence-corrected chi connectivity index (χ3v) is 4.83. The van der Waals surface area contributed by atoms with Gasteiger partial charge in [-0.05, 0) is 34.7 Å². The first-order valence-corrected chi connectivity index (χ1v) is 9.53. The second-order valence-corrected chi connectivity index (χ2v) is 7.17. The van der Waals surface area contributed by atoms with E-state index in [0.717, 1.165) is 16.9 Å². The predicted molar refractivity (Wildman–Crippen MR) is 112 cm³/mol. The number of hydrogen-bond acceptors (Lipinski definition) is 2. The maximum Gasteiger partial charge on any atom is 0.270 e. The maximum absolute atomic E-state index is 12.9. The summed E-state index contributed by atoms with van der Waals surface area (Å²) in [6.45, 7) is 4.59. The Morgan fingerprint density at radius 3 is 2.32 bits per heavy atom. The van der Waals surface area contributed by atoms with Gasteiger partial charge >= 0.3 is 0 Å². The molecular weight excluding hydrogens is 346 g/mol. The fraction of sp³-hybridized carbons (Fsp3) is 0.167. The van der Waals surface area contributed by atoms with E-state index in [2.05, 4.69) is 60.5 Å². The standard InChI is InChI=1S/C24H23N3O/c1-17(2)22-23(27-15-7-6-10-21(27)26-22)24(28)25-16-18-11-13-20(14-12-18)19-8-4-3-5-9-19/h3-15,17H,16H2,1-2H3,(H,25,28). The zero-order valence-electron chi connectivity index (χ0n) is 16.1. The number of carbonyl (C=O) groups excluding carboxylic acids is 1. The van der Waals surface area contributed by atoms with Crippen LogP contribution in [0.4, 0.5) is 0 Å². The average molecular weight is 369 g/mol. The molecule has 0 spiro atoms. The number of fused-ring (bicyclic) bond motifs is 1. The van der Waals surface area contributed by atoms with E-state index >= 15 is 0 Å². The second kappa shape index (κ2) is 7.69. The van der Waals surface area contributed by atoms with Crippen molar-refractivity contribution in [1.82, 2.24) is 14.7 Å². The van der Waals surface area contributed by atoms with Crippen LogP contribution in [-0.4, -0.2) is 15.3 Å². The fourth-order valence-electron chi connectivity index (χ4n) is 3.35. The Bertz CT molecular complexity index is 1100. The van der Waals surface area contributed by atoms with E-state index in [1.807, 2.05) is 47.0 Å².